The second-order valence-electron chi connectivity index (χ2n) is 5.10. The fraction of sp³-hybridized carbons (Fsp3) is 0.615. The zero-order valence-corrected chi connectivity index (χ0v) is 12.0. The number of thiazole rings is 1. The average molecular weight is 297 g/mol. The van der Waals surface area contributed by atoms with Gasteiger partial charge in [-0.2, -0.15) is 0 Å². The van der Waals surface area contributed by atoms with Gasteiger partial charge in [0.05, 0.1) is 5.01 Å². The molecule has 7 heteroatoms. The number of nitrogens with one attached hydrogen (secondary N) is 1. The van der Waals surface area contributed by atoms with E-state index in [4.69, 9.17) is 10.8 Å². The second-order valence-corrected chi connectivity index (χ2v) is 6.04. The van der Waals surface area contributed by atoms with Crippen LogP contribution < -0.4 is 11.1 Å². The van der Waals surface area contributed by atoms with Crippen molar-refractivity contribution in [3.8, 4) is 0 Å². The molecule has 1 aromatic heterocycles. The number of amides is 1. The van der Waals surface area contributed by atoms with E-state index in [0.717, 1.165) is 30.7 Å². The van der Waals surface area contributed by atoms with E-state index in [-0.39, 0.29) is 23.6 Å². The van der Waals surface area contributed by atoms with E-state index in [0.29, 0.717) is 13.0 Å². The molecule has 1 fully saturated rings. The summed E-state index contributed by atoms with van der Waals surface area (Å²) in [5, 5.41) is 13.9. The lowest BCUT2D eigenvalue weighted by molar-refractivity contribution is -0.126. The predicted molar refractivity (Wildman–Crippen MR) is 75.7 cm³/mol. The van der Waals surface area contributed by atoms with Crippen molar-refractivity contribution in [2.75, 3.05) is 6.54 Å². The van der Waals surface area contributed by atoms with Crippen LogP contribution in [0.3, 0.4) is 0 Å². The van der Waals surface area contributed by atoms with E-state index in [1.165, 1.54) is 16.7 Å². The molecule has 1 amide bonds. The van der Waals surface area contributed by atoms with Gasteiger partial charge in [0, 0.05) is 30.3 Å². The number of carboxylic acid groups (broad SMARTS) is 1. The molecule has 2 rings (SSSR count). The van der Waals surface area contributed by atoms with Crippen molar-refractivity contribution in [1.29, 1.82) is 0 Å². The number of hydrogen-bond acceptors (Lipinski definition) is 5. The third-order valence-corrected chi connectivity index (χ3v) is 4.40. The molecule has 6 nitrogen and oxygen atoms in total. The number of carboxylic acids is 1. The molecule has 1 aromatic rings. The largest absolute Gasteiger partial charge is 0.476 e. The molecule has 1 heterocycles. The number of carbonyl (C=O) groups is 2. The van der Waals surface area contributed by atoms with E-state index in [2.05, 4.69) is 10.3 Å². The Morgan fingerprint density at radius 1 is 1.50 bits per heavy atom. The summed E-state index contributed by atoms with van der Waals surface area (Å²) in [5.74, 6) is -0.951. The molecule has 1 aliphatic carbocycles. The molecule has 0 aromatic carbocycles. The maximum absolute atomic E-state index is 12.0. The highest BCUT2D eigenvalue weighted by atomic mass is 32.1. The van der Waals surface area contributed by atoms with Gasteiger partial charge in [0.2, 0.25) is 5.91 Å². The first kappa shape index (κ1) is 14.9. The molecule has 0 radical (unpaired) electrons. The van der Waals surface area contributed by atoms with Crippen LogP contribution in [0.5, 0.6) is 0 Å². The molecule has 110 valence electrons. The number of nitrogens with zero attached hydrogens (tertiary/aromatic N) is 1. The number of nitrogens with two attached hydrogens (primary N) is 1. The van der Waals surface area contributed by atoms with Gasteiger partial charge in [0.25, 0.3) is 0 Å². The molecular formula is C13H19N3O3S. The summed E-state index contributed by atoms with van der Waals surface area (Å²) in [5.41, 5.74) is 5.93. The molecule has 0 aliphatic heterocycles. The topological polar surface area (TPSA) is 105 Å². The van der Waals surface area contributed by atoms with E-state index < -0.39 is 5.97 Å². The quantitative estimate of drug-likeness (QED) is 0.752. The summed E-state index contributed by atoms with van der Waals surface area (Å²) in [4.78, 5) is 26.6. The van der Waals surface area contributed by atoms with Crippen LogP contribution >= 0.6 is 11.3 Å². The van der Waals surface area contributed by atoms with Crippen molar-refractivity contribution in [3.63, 3.8) is 0 Å². The Kier molecular flexibility index (Phi) is 5.08. The Labute approximate surface area is 121 Å². The Bertz CT molecular complexity index is 489. The van der Waals surface area contributed by atoms with Gasteiger partial charge in [-0.3, -0.25) is 4.79 Å². The van der Waals surface area contributed by atoms with E-state index in [1.54, 1.807) is 0 Å². The van der Waals surface area contributed by atoms with Gasteiger partial charge in [-0.05, 0) is 19.3 Å². The van der Waals surface area contributed by atoms with Crippen LogP contribution in [0.25, 0.3) is 0 Å². The van der Waals surface area contributed by atoms with Crippen LogP contribution in [0.2, 0.25) is 0 Å². The van der Waals surface area contributed by atoms with E-state index in [1.807, 2.05) is 0 Å². The summed E-state index contributed by atoms with van der Waals surface area (Å²) in [6.45, 7) is 0.483. The second kappa shape index (κ2) is 6.81. The number of aromatic nitrogens is 1. The fourth-order valence-electron chi connectivity index (χ4n) is 2.43. The molecule has 1 aliphatic rings. The summed E-state index contributed by atoms with van der Waals surface area (Å²) >= 11 is 1.30. The molecule has 1 saturated carbocycles. The van der Waals surface area contributed by atoms with Crippen molar-refractivity contribution >= 4 is 23.2 Å². The predicted octanol–water partition coefficient (Wildman–Crippen LogP) is 1.02. The van der Waals surface area contributed by atoms with Gasteiger partial charge in [-0.15, -0.1) is 11.3 Å². The minimum atomic E-state index is -1.02. The third kappa shape index (κ3) is 4.01. The number of hydrogen-bond donors (Lipinski definition) is 3. The standard InChI is InChI=1S/C13H19N3O3S/c14-9-3-1-2-8(6-9)12(17)15-5-4-11-16-10(7-20-11)13(18)19/h7-9H,1-6,14H2,(H,15,17)(H,18,19). The highest BCUT2D eigenvalue weighted by molar-refractivity contribution is 7.09. The lowest BCUT2D eigenvalue weighted by atomic mass is 9.85. The Morgan fingerprint density at radius 2 is 2.30 bits per heavy atom. The SMILES string of the molecule is NC1CCCC(C(=O)NCCc2nc(C(=O)O)cs2)C1. The number of carbonyl (C=O) groups excluding carboxylic acids is 1. The molecular weight excluding hydrogens is 278 g/mol. The zero-order chi connectivity index (χ0) is 14.5. The van der Waals surface area contributed by atoms with Gasteiger partial charge in [0.1, 0.15) is 0 Å². The highest BCUT2D eigenvalue weighted by Crippen LogP contribution is 2.23. The van der Waals surface area contributed by atoms with Crippen molar-refractivity contribution in [3.05, 3.63) is 16.1 Å². The summed E-state index contributed by atoms with van der Waals surface area (Å²) in [6.07, 6.45) is 4.23. The maximum Gasteiger partial charge on any atom is 0.355 e. The van der Waals surface area contributed by atoms with E-state index in [9.17, 15) is 9.59 Å². The lowest BCUT2D eigenvalue weighted by Crippen LogP contribution is -2.38. The van der Waals surface area contributed by atoms with Gasteiger partial charge in [0.15, 0.2) is 5.69 Å². The van der Waals surface area contributed by atoms with Crippen molar-refractivity contribution in [2.24, 2.45) is 11.7 Å². The van der Waals surface area contributed by atoms with Crippen LogP contribution in [0.15, 0.2) is 5.38 Å². The van der Waals surface area contributed by atoms with Gasteiger partial charge in [-0.1, -0.05) is 6.42 Å². The first-order chi connectivity index (χ1) is 9.56. The normalized spacial score (nSPS) is 22.4. The van der Waals surface area contributed by atoms with Crippen LogP contribution in [-0.2, 0) is 11.2 Å². The van der Waals surface area contributed by atoms with Crippen LogP contribution in [0, 0.1) is 5.92 Å². The minimum Gasteiger partial charge on any atom is -0.476 e. The van der Waals surface area contributed by atoms with Gasteiger partial charge < -0.3 is 16.2 Å². The minimum absolute atomic E-state index is 0.0182. The Morgan fingerprint density at radius 3 is 2.95 bits per heavy atom. The van der Waals surface area contributed by atoms with Crippen molar-refractivity contribution < 1.29 is 14.7 Å². The smallest absolute Gasteiger partial charge is 0.355 e. The molecule has 0 saturated heterocycles. The summed E-state index contributed by atoms with van der Waals surface area (Å²) in [7, 11) is 0. The third-order valence-electron chi connectivity index (χ3n) is 3.49. The zero-order valence-electron chi connectivity index (χ0n) is 11.2. The van der Waals surface area contributed by atoms with Crippen LogP contribution in [0.1, 0.15) is 41.2 Å². The highest BCUT2D eigenvalue weighted by Gasteiger charge is 2.24. The molecule has 0 spiro atoms. The number of rotatable bonds is 5. The molecule has 20 heavy (non-hydrogen) atoms. The maximum atomic E-state index is 12.0. The lowest BCUT2D eigenvalue weighted by Gasteiger charge is -2.25. The van der Waals surface area contributed by atoms with Gasteiger partial charge in [-0.25, -0.2) is 9.78 Å². The Hall–Kier alpha value is -1.47. The van der Waals surface area contributed by atoms with Crippen molar-refractivity contribution in [1.82, 2.24) is 10.3 Å². The first-order valence-corrected chi connectivity index (χ1v) is 7.65. The number of aromatic carboxylic acids is 1. The molecule has 4 N–H and O–H groups in total. The summed E-state index contributed by atoms with van der Waals surface area (Å²) < 4.78 is 0. The van der Waals surface area contributed by atoms with Gasteiger partial charge >= 0.3 is 5.97 Å². The Balaban J connectivity index is 1.74. The average Bonchev–Trinajstić information content (AvgIpc) is 2.87. The molecule has 2 atom stereocenters. The van der Waals surface area contributed by atoms with Crippen molar-refractivity contribution in [2.45, 2.75) is 38.1 Å². The molecule has 0 bridgehead atoms. The molecule has 2 unspecified atom stereocenters. The monoisotopic (exact) mass is 297 g/mol. The van der Waals surface area contributed by atoms with E-state index >= 15 is 0 Å². The summed E-state index contributed by atoms with van der Waals surface area (Å²) in [6, 6.07) is 0.136. The van der Waals surface area contributed by atoms with Crippen LogP contribution in [0.4, 0.5) is 0 Å². The first-order valence-electron chi connectivity index (χ1n) is 6.77. The fourth-order valence-corrected chi connectivity index (χ4v) is 3.20. The van der Waals surface area contributed by atoms with Crippen LogP contribution in [-0.4, -0.2) is 34.6 Å².